The van der Waals surface area contributed by atoms with Crippen LogP contribution in [0.5, 0.6) is 0 Å². The van der Waals surface area contributed by atoms with Gasteiger partial charge in [-0.1, -0.05) is 0 Å². The fourth-order valence-electron chi connectivity index (χ4n) is 1.79. The summed E-state index contributed by atoms with van der Waals surface area (Å²) in [6, 6.07) is -2.84. The van der Waals surface area contributed by atoms with Gasteiger partial charge in [0.15, 0.2) is 0 Å². The van der Waals surface area contributed by atoms with Crippen molar-refractivity contribution in [2.45, 2.75) is 38.4 Å². The SMILES string of the molecule is CC(NC(=O)CNC(=O)C(C)NC(=O)C(N)Cc1cnc[nH]1)C(=O)O. The summed E-state index contributed by atoms with van der Waals surface area (Å²) in [5.74, 6) is -2.97. The highest BCUT2D eigenvalue weighted by molar-refractivity contribution is 5.92. The molecule has 1 heterocycles. The Kier molecular flexibility index (Phi) is 7.53. The van der Waals surface area contributed by atoms with E-state index in [4.69, 9.17) is 10.8 Å². The second-order valence-electron chi connectivity index (χ2n) is 5.46. The summed E-state index contributed by atoms with van der Waals surface area (Å²) in [4.78, 5) is 52.5. The van der Waals surface area contributed by atoms with Crippen LogP contribution in [-0.2, 0) is 25.6 Å². The van der Waals surface area contributed by atoms with Crippen molar-refractivity contribution >= 4 is 23.7 Å². The van der Waals surface area contributed by atoms with Crippen molar-refractivity contribution in [3.05, 3.63) is 18.2 Å². The Morgan fingerprint density at radius 3 is 2.44 bits per heavy atom. The van der Waals surface area contributed by atoms with Gasteiger partial charge in [-0.05, 0) is 13.8 Å². The number of carbonyl (C=O) groups is 4. The van der Waals surface area contributed by atoms with Gasteiger partial charge in [0.25, 0.3) is 0 Å². The van der Waals surface area contributed by atoms with Gasteiger partial charge in [-0.25, -0.2) is 4.98 Å². The Balaban J connectivity index is 2.36. The van der Waals surface area contributed by atoms with E-state index in [0.29, 0.717) is 5.69 Å². The lowest BCUT2D eigenvalue weighted by Gasteiger charge is -2.17. The van der Waals surface area contributed by atoms with E-state index in [1.807, 2.05) is 0 Å². The lowest BCUT2D eigenvalue weighted by atomic mass is 10.1. The standard InChI is InChI=1S/C14H22N6O5/c1-7(12(22)17-5-11(21)19-8(2)14(24)25)20-13(23)10(15)3-9-4-16-6-18-9/h4,6-8,10H,3,5,15H2,1-2H3,(H,16,18)(H,17,22)(H,19,21)(H,20,23)(H,24,25). The first kappa shape index (κ1) is 20.1. The van der Waals surface area contributed by atoms with Crippen molar-refractivity contribution in [1.29, 1.82) is 0 Å². The highest BCUT2D eigenvalue weighted by Gasteiger charge is 2.21. The predicted molar refractivity (Wildman–Crippen MR) is 86.1 cm³/mol. The molecule has 3 unspecified atom stereocenters. The van der Waals surface area contributed by atoms with E-state index in [2.05, 4.69) is 25.9 Å². The molecule has 0 aliphatic heterocycles. The molecule has 3 atom stereocenters. The van der Waals surface area contributed by atoms with Crippen molar-refractivity contribution in [3.8, 4) is 0 Å². The molecule has 1 rings (SSSR count). The molecule has 0 radical (unpaired) electrons. The van der Waals surface area contributed by atoms with Crippen LogP contribution in [0.15, 0.2) is 12.5 Å². The van der Waals surface area contributed by atoms with Crippen LogP contribution in [0.1, 0.15) is 19.5 Å². The van der Waals surface area contributed by atoms with Crippen LogP contribution in [-0.4, -0.2) is 63.4 Å². The molecule has 0 aliphatic carbocycles. The van der Waals surface area contributed by atoms with Gasteiger partial charge in [-0.2, -0.15) is 0 Å². The third-order valence-corrected chi connectivity index (χ3v) is 3.25. The number of rotatable bonds is 9. The molecule has 11 nitrogen and oxygen atoms in total. The highest BCUT2D eigenvalue weighted by atomic mass is 16.4. The Labute approximate surface area is 143 Å². The summed E-state index contributed by atoms with van der Waals surface area (Å²) in [6.45, 7) is 2.33. The molecule has 0 aliphatic rings. The number of H-pyrrole nitrogens is 1. The number of amides is 3. The molecule has 1 aromatic rings. The molecular formula is C14H22N6O5. The number of nitrogens with two attached hydrogens (primary N) is 1. The first-order chi connectivity index (χ1) is 11.7. The van der Waals surface area contributed by atoms with Gasteiger partial charge in [-0.15, -0.1) is 0 Å². The molecule has 0 saturated carbocycles. The van der Waals surface area contributed by atoms with E-state index in [-0.39, 0.29) is 6.42 Å². The van der Waals surface area contributed by atoms with E-state index in [0.717, 1.165) is 0 Å². The van der Waals surface area contributed by atoms with Crippen LogP contribution < -0.4 is 21.7 Å². The molecule has 7 N–H and O–H groups in total. The number of nitrogens with one attached hydrogen (secondary N) is 4. The largest absolute Gasteiger partial charge is 0.480 e. The van der Waals surface area contributed by atoms with Crippen LogP contribution in [0, 0.1) is 0 Å². The average Bonchev–Trinajstić information content (AvgIpc) is 3.05. The zero-order valence-electron chi connectivity index (χ0n) is 13.9. The normalized spacial score (nSPS) is 14.0. The van der Waals surface area contributed by atoms with Gasteiger partial charge >= 0.3 is 5.97 Å². The fourth-order valence-corrected chi connectivity index (χ4v) is 1.79. The molecule has 3 amide bonds. The third-order valence-electron chi connectivity index (χ3n) is 3.25. The van der Waals surface area contributed by atoms with Crippen molar-refractivity contribution in [2.24, 2.45) is 5.73 Å². The number of nitrogens with zero attached hydrogens (tertiary/aromatic N) is 1. The van der Waals surface area contributed by atoms with Crippen LogP contribution in [0.4, 0.5) is 0 Å². The van der Waals surface area contributed by atoms with Gasteiger partial charge in [0.2, 0.25) is 17.7 Å². The first-order valence-corrected chi connectivity index (χ1v) is 7.53. The molecule has 0 bridgehead atoms. The fraction of sp³-hybridized carbons (Fsp3) is 0.500. The van der Waals surface area contributed by atoms with Crippen LogP contribution in [0.3, 0.4) is 0 Å². The molecule has 0 spiro atoms. The monoisotopic (exact) mass is 354 g/mol. The molecule has 0 saturated heterocycles. The Morgan fingerprint density at radius 1 is 1.20 bits per heavy atom. The number of carboxylic acid groups (broad SMARTS) is 1. The number of hydrogen-bond donors (Lipinski definition) is 6. The minimum Gasteiger partial charge on any atom is -0.480 e. The summed E-state index contributed by atoms with van der Waals surface area (Å²) in [5, 5.41) is 15.6. The van der Waals surface area contributed by atoms with E-state index in [1.165, 1.54) is 20.2 Å². The molecule has 11 heteroatoms. The third kappa shape index (κ3) is 6.99. The molecular weight excluding hydrogens is 332 g/mol. The zero-order valence-corrected chi connectivity index (χ0v) is 13.9. The van der Waals surface area contributed by atoms with Crippen molar-refractivity contribution < 1.29 is 24.3 Å². The molecule has 138 valence electrons. The van der Waals surface area contributed by atoms with Crippen LogP contribution >= 0.6 is 0 Å². The lowest BCUT2D eigenvalue weighted by Crippen LogP contribution is -2.52. The minimum atomic E-state index is -1.19. The molecule has 0 fully saturated rings. The number of carboxylic acids is 1. The summed E-state index contributed by atoms with van der Waals surface area (Å²) >= 11 is 0. The number of aromatic amines is 1. The lowest BCUT2D eigenvalue weighted by molar-refractivity contribution is -0.141. The summed E-state index contributed by atoms with van der Waals surface area (Å²) in [5.41, 5.74) is 6.44. The van der Waals surface area contributed by atoms with Gasteiger partial charge in [0.1, 0.15) is 12.1 Å². The average molecular weight is 354 g/mol. The van der Waals surface area contributed by atoms with E-state index in [9.17, 15) is 19.2 Å². The maximum Gasteiger partial charge on any atom is 0.325 e. The predicted octanol–water partition coefficient (Wildman–Crippen LogP) is -2.51. The maximum absolute atomic E-state index is 11.9. The highest BCUT2D eigenvalue weighted by Crippen LogP contribution is 1.97. The number of imidazole rings is 1. The van der Waals surface area contributed by atoms with Crippen molar-refractivity contribution in [3.63, 3.8) is 0 Å². The number of aromatic nitrogens is 2. The molecule has 25 heavy (non-hydrogen) atoms. The molecule has 0 aromatic carbocycles. The Hall–Kier alpha value is -2.95. The summed E-state index contributed by atoms with van der Waals surface area (Å²) in [6.07, 6.45) is 3.24. The number of aliphatic carboxylic acids is 1. The smallest absolute Gasteiger partial charge is 0.325 e. The van der Waals surface area contributed by atoms with Crippen LogP contribution in [0.25, 0.3) is 0 Å². The van der Waals surface area contributed by atoms with E-state index >= 15 is 0 Å². The Morgan fingerprint density at radius 2 is 1.88 bits per heavy atom. The maximum atomic E-state index is 11.9. The molecule has 1 aromatic heterocycles. The zero-order chi connectivity index (χ0) is 19.0. The van der Waals surface area contributed by atoms with Gasteiger partial charge in [0, 0.05) is 18.3 Å². The number of hydrogen-bond acceptors (Lipinski definition) is 6. The van der Waals surface area contributed by atoms with Gasteiger partial charge in [0.05, 0.1) is 18.9 Å². The van der Waals surface area contributed by atoms with E-state index < -0.39 is 48.4 Å². The van der Waals surface area contributed by atoms with Gasteiger partial charge in [-0.3, -0.25) is 19.2 Å². The summed E-state index contributed by atoms with van der Waals surface area (Å²) < 4.78 is 0. The summed E-state index contributed by atoms with van der Waals surface area (Å²) in [7, 11) is 0. The minimum absolute atomic E-state index is 0.232. The van der Waals surface area contributed by atoms with Gasteiger partial charge < -0.3 is 31.8 Å². The Bertz CT molecular complexity index is 617. The first-order valence-electron chi connectivity index (χ1n) is 7.53. The second kappa shape index (κ2) is 9.37. The van der Waals surface area contributed by atoms with Crippen molar-refractivity contribution in [2.75, 3.05) is 6.54 Å². The topological polar surface area (TPSA) is 179 Å². The number of carbonyl (C=O) groups excluding carboxylic acids is 3. The van der Waals surface area contributed by atoms with E-state index in [1.54, 1.807) is 6.20 Å². The quantitative estimate of drug-likeness (QED) is 0.283. The van der Waals surface area contributed by atoms with Crippen molar-refractivity contribution in [1.82, 2.24) is 25.9 Å². The van der Waals surface area contributed by atoms with Crippen LogP contribution in [0.2, 0.25) is 0 Å². The second-order valence-corrected chi connectivity index (χ2v) is 5.46.